The van der Waals surface area contributed by atoms with Gasteiger partial charge in [0.2, 0.25) is 0 Å². The van der Waals surface area contributed by atoms with Crippen LogP contribution >= 0.6 is 0 Å². The van der Waals surface area contributed by atoms with E-state index in [-0.39, 0.29) is 18.5 Å². The van der Waals surface area contributed by atoms with Gasteiger partial charge in [0.25, 0.3) is 0 Å². The van der Waals surface area contributed by atoms with E-state index in [1.165, 1.54) is 25.7 Å². The van der Waals surface area contributed by atoms with Crippen LogP contribution in [0.15, 0.2) is 0 Å². The van der Waals surface area contributed by atoms with Crippen LogP contribution in [-0.4, -0.2) is 41.1 Å². The second-order valence-electron chi connectivity index (χ2n) is 6.39. The van der Waals surface area contributed by atoms with Crippen molar-refractivity contribution in [1.82, 2.24) is 10.2 Å². The highest BCUT2D eigenvalue weighted by atomic mass is 16.4. The molecule has 0 heterocycles. The fourth-order valence-corrected chi connectivity index (χ4v) is 3.13. The zero-order valence-electron chi connectivity index (χ0n) is 12.3. The van der Waals surface area contributed by atoms with Crippen LogP contribution in [0.4, 0.5) is 4.79 Å². The van der Waals surface area contributed by atoms with Crippen LogP contribution < -0.4 is 5.32 Å². The molecule has 2 N–H and O–H groups in total. The van der Waals surface area contributed by atoms with E-state index in [0.717, 1.165) is 25.3 Å². The van der Waals surface area contributed by atoms with Gasteiger partial charge in [-0.3, -0.25) is 4.79 Å². The van der Waals surface area contributed by atoms with Crippen LogP contribution in [0.25, 0.3) is 0 Å². The average Bonchev–Trinajstić information content (AvgIpc) is 3.21. The molecule has 0 saturated heterocycles. The number of hydrogen-bond acceptors (Lipinski definition) is 2. The van der Waals surface area contributed by atoms with Gasteiger partial charge in [-0.1, -0.05) is 19.8 Å². The number of nitrogens with one attached hydrogen (secondary N) is 1. The fourth-order valence-electron chi connectivity index (χ4n) is 3.13. The lowest BCUT2D eigenvalue weighted by molar-refractivity contribution is -0.137. The molecule has 0 spiro atoms. The number of nitrogens with zero attached hydrogens (tertiary/aromatic N) is 1. The maximum absolute atomic E-state index is 12.2. The zero-order valence-corrected chi connectivity index (χ0v) is 12.3. The number of hydrogen-bond donors (Lipinski definition) is 2. The van der Waals surface area contributed by atoms with Gasteiger partial charge in [-0.25, -0.2) is 4.79 Å². The Kier molecular flexibility index (Phi) is 5.26. The van der Waals surface area contributed by atoms with Crippen molar-refractivity contribution in [1.29, 1.82) is 0 Å². The first-order valence-corrected chi connectivity index (χ1v) is 7.82. The highest BCUT2D eigenvalue weighted by Crippen LogP contribution is 2.29. The molecule has 0 aromatic rings. The number of carbonyl (C=O) groups excluding carboxylic acids is 1. The third-order valence-corrected chi connectivity index (χ3v) is 4.40. The summed E-state index contributed by atoms with van der Waals surface area (Å²) in [4.78, 5) is 24.5. The Morgan fingerprint density at radius 3 is 2.60 bits per heavy atom. The van der Waals surface area contributed by atoms with Crippen LogP contribution in [0.3, 0.4) is 0 Å². The predicted molar refractivity (Wildman–Crippen MR) is 76.5 cm³/mol. The largest absolute Gasteiger partial charge is 0.481 e. The standard InChI is InChI=1S/C15H26N2O3/c1-11-3-2-4-12(9-11)10-16-15(20)17(13-5-6-13)8-7-14(18)19/h11-13H,2-10H2,1H3,(H,16,20)(H,18,19). The summed E-state index contributed by atoms with van der Waals surface area (Å²) in [5.74, 6) is 0.505. The third kappa shape index (κ3) is 4.69. The molecule has 0 aromatic carbocycles. The van der Waals surface area contributed by atoms with Crippen molar-refractivity contribution in [2.24, 2.45) is 11.8 Å². The normalized spacial score (nSPS) is 26.1. The molecule has 0 radical (unpaired) electrons. The molecule has 2 fully saturated rings. The van der Waals surface area contributed by atoms with Crippen molar-refractivity contribution in [2.45, 2.75) is 57.9 Å². The molecule has 2 atom stereocenters. The summed E-state index contributed by atoms with van der Waals surface area (Å²) in [7, 11) is 0. The Balaban J connectivity index is 1.74. The van der Waals surface area contributed by atoms with Gasteiger partial charge in [0.15, 0.2) is 0 Å². The average molecular weight is 282 g/mol. The molecule has 0 bridgehead atoms. The van der Waals surface area contributed by atoms with E-state index in [4.69, 9.17) is 5.11 Å². The van der Waals surface area contributed by atoms with Gasteiger partial charge in [-0.15, -0.1) is 0 Å². The smallest absolute Gasteiger partial charge is 0.317 e. The van der Waals surface area contributed by atoms with Gasteiger partial charge >= 0.3 is 12.0 Å². The van der Waals surface area contributed by atoms with E-state index in [9.17, 15) is 9.59 Å². The van der Waals surface area contributed by atoms with Gasteiger partial charge in [0.05, 0.1) is 6.42 Å². The summed E-state index contributed by atoms with van der Waals surface area (Å²) >= 11 is 0. The van der Waals surface area contributed by atoms with Gasteiger partial charge < -0.3 is 15.3 Å². The zero-order chi connectivity index (χ0) is 14.5. The molecule has 2 saturated carbocycles. The fraction of sp³-hybridized carbons (Fsp3) is 0.867. The van der Waals surface area contributed by atoms with Crippen molar-refractivity contribution in [3.05, 3.63) is 0 Å². The number of urea groups is 1. The molecule has 0 aliphatic heterocycles. The number of amides is 2. The summed E-state index contributed by atoms with van der Waals surface area (Å²) in [5, 5.41) is 11.8. The molecule has 5 nitrogen and oxygen atoms in total. The molecular weight excluding hydrogens is 256 g/mol. The van der Waals surface area contributed by atoms with Crippen molar-refractivity contribution in [3.63, 3.8) is 0 Å². The molecule has 114 valence electrons. The highest BCUT2D eigenvalue weighted by Gasteiger charge is 2.33. The lowest BCUT2D eigenvalue weighted by Gasteiger charge is -2.28. The third-order valence-electron chi connectivity index (χ3n) is 4.40. The lowest BCUT2D eigenvalue weighted by atomic mass is 9.82. The first kappa shape index (κ1) is 15.1. The molecule has 2 unspecified atom stereocenters. The number of rotatable bonds is 6. The molecule has 0 aromatic heterocycles. The second kappa shape index (κ2) is 6.95. The minimum absolute atomic E-state index is 0.0321. The Hall–Kier alpha value is -1.26. The van der Waals surface area contributed by atoms with Crippen LogP contribution in [0.1, 0.15) is 51.9 Å². The van der Waals surface area contributed by atoms with Gasteiger partial charge in [0.1, 0.15) is 0 Å². The maximum atomic E-state index is 12.2. The summed E-state index contributed by atoms with van der Waals surface area (Å²) in [6.45, 7) is 3.34. The van der Waals surface area contributed by atoms with E-state index in [0.29, 0.717) is 12.5 Å². The molecule has 2 rings (SSSR count). The Morgan fingerprint density at radius 1 is 1.25 bits per heavy atom. The quantitative estimate of drug-likeness (QED) is 0.786. The SMILES string of the molecule is CC1CCCC(CNC(=O)N(CCC(=O)O)C2CC2)C1. The second-order valence-corrected chi connectivity index (χ2v) is 6.39. The van der Waals surface area contributed by atoms with Crippen LogP contribution in [-0.2, 0) is 4.79 Å². The Morgan fingerprint density at radius 2 is 2.00 bits per heavy atom. The molecular formula is C15H26N2O3. The first-order chi connectivity index (χ1) is 9.56. The van der Waals surface area contributed by atoms with Crippen molar-refractivity contribution in [3.8, 4) is 0 Å². The molecule has 2 aliphatic rings. The number of carboxylic acids is 1. The highest BCUT2D eigenvalue weighted by molar-refractivity contribution is 5.76. The van der Waals surface area contributed by atoms with E-state index in [1.807, 2.05) is 0 Å². The lowest BCUT2D eigenvalue weighted by Crippen LogP contribution is -2.44. The van der Waals surface area contributed by atoms with Crippen LogP contribution in [0, 0.1) is 11.8 Å². The topological polar surface area (TPSA) is 69.6 Å². The summed E-state index contributed by atoms with van der Waals surface area (Å²) in [6.07, 6.45) is 7.00. The van der Waals surface area contributed by atoms with E-state index in [2.05, 4.69) is 12.2 Å². The van der Waals surface area contributed by atoms with E-state index < -0.39 is 5.97 Å². The van der Waals surface area contributed by atoms with E-state index in [1.54, 1.807) is 4.90 Å². The van der Waals surface area contributed by atoms with E-state index >= 15 is 0 Å². The molecule has 5 heteroatoms. The van der Waals surface area contributed by atoms with Gasteiger partial charge in [-0.2, -0.15) is 0 Å². The maximum Gasteiger partial charge on any atom is 0.317 e. The van der Waals surface area contributed by atoms with Gasteiger partial charge in [-0.05, 0) is 37.5 Å². The first-order valence-electron chi connectivity index (χ1n) is 7.82. The minimum atomic E-state index is -0.843. The van der Waals surface area contributed by atoms with Crippen molar-refractivity contribution >= 4 is 12.0 Å². The van der Waals surface area contributed by atoms with Crippen LogP contribution in [0.2, 0.25) is 0 Å². The van der Waals surface area contributed by atoms with Crippen molar-refractivity contribution < 1.29 is 14.7 Å². The summed E-state index contributed by atoms with van der Waals surface area (Å²) in [5.41, 5.74) is 0. The molecule has 2 aliphatic carbocycles. The predicted octanol–water partition coefficient (Wildman–Crippen LogP) is 2.46. The summed E-state index contributed by atoms with van der Waals surface area (Å²) in [6, 6.07) is 0.187. The van der Waals surface area contributed by atoms with Crippen LogP contribution in [0.5, 0.6) is 0 Å². The molecule has 2 amide bonds. The molecule has 20 heavy (non-hydrogen) atoms. The number of carboxylic acid groups (broad SMARTS) is 1. The minimum Gasteiger partial charge on any atom is -0.481 e. The van der Waals surface area contributed by atoms with Crippen molar-refractivity contribution in [2.75, 3.05) is 13.1 Å². The number of aliphatic carboxylic acids is 1. The Bertz CT molecular complexity index is 355. The van der Waals surface area contributed by atoms with Gasteiger partial charge in [0, 0.05) is 19.1 Å². The summed E-state index contributed by atoms with van der Waals surface area (Å²) < 4.78 is 0. The number of carbonyl (C=O) groups is 2. The Labute approximate surface area is 120 Å². The monoisotopic (exact) mass is 282 g/mol.